The quantitative estimate of drug-likeness (QED) is 0.102. The fraction of sp³-hybridized carbons (Fsp3) is 0.217. The van der Waals surface area contributed by atoms with Crippen molar-refractivity contribution in [2.45, 2.75) is 49.3 Å². The van der Waals surface area contributed by atoms with E-state index in [-0.39, 0.29) is 80.7 Å². The Morgan fingerprint density at radius 3 is 1.56 bits per heavy atom. The molecule has 1 fully saturated rings. The van der Waals surface area contributed by atoms with Gasteiger partial charge in [-0.15, -0.1) is 8.80 Å². The van der Waals surface area contributed by atoms with Crippen LogP contribution in [0.1, 0.15) is 54.6 Å². The van der Waals surface area contributed by atoms with Gasteiger partial charge in [-0.05, 0) is 91.6 Å². The van der Waals surface area contributed by atoms with Crippen LogP contribution in [-0.2, 0) is 60.0 Å². The number of amidine groups is 2. The number of nitrogens with one attached hydrogen (secondary N) is 4. The van der Waals surface area contributed by atoms with E-state index in [1.54, 1.807) is 42.6 Å². The monoisotopic (exact) mass is 1050 g/mol. The Balaban J connectivity index is 0.000000188. The second kappa shape index (κ2) is 18.4. The van der Waals surface area contributed by atoms with Gasteiger partial charge in [0.15, 0.2) is 11.7 Å². The molecule has 2 aromatic carbocycles. The van der Waals surface area contributed by atoms with Crippen LogP contribution >= 0.6 is 0 Å². The number of hydrogen-bond donors (Lipinski definition) is 6. The van der Waals surface area contributed by atoms with Gasteiger partial charge in [0.1, 0.15) is 32.4 Å². The Labute approximate surface area is 408 Å². The molecule has 5 aromatic heterocycles. The zero-order valence-electron chi connectivity index (χ0n) is 37.3. The molecule has 21 nitrogen and oxygen atoms in total. The predicted molar refractivity (Wildman–Crippen MR) is 271 cm³/mol. The zero-order valence-corrected chi connectivity index (χ0v) is 40.5. The number of nitrogens with zero attached hydrogens (tertiary/aromatic N) is 5. The molecule has 0 bridgehead atoms. The fourth-order valence-corrected chi connectivity index (χ4v) is 11.7. The highest BCUT2D eigenvalue weighted by molar-refractivity contribution is 7.92. The highest BCUT2D eigenvalue weighted by Gasteiger charge is 2.33. The molecule has 3 aliphatic rings. The van der Waals surface area contributed by atoms with Crippen LogP contribution in [0.15, 0.2) is 132 Å². The second-order valence-corrected chi connectivity index (χ2v) is 23.6. The summed E-state index contributed by atoms with van der Waals surface area (Å²) in [7, 11) is -14.0. The summed E-state index contributed by atoms with van der Waals surface area (Å²) < 4.78 is 115. The summed E-state index contributed by atoms with van der Waals surface area (Å²) in [6.07, 6.45) is 10.8. The lowest BCUT2D eigenvalue weighted by Gasteiger charge is -2.21. The maximum atomic E-state index is 13.4. The Morgan fingerprint density at radius 1 is 0.662 bits per heavy atom. The molecule has 0 radical (unpaired) electrons. The van der Waals surface area contributed by atoms with Gasteiger partial charge in [-0.2, -0.15) is 16.8 Å². The molecule has 7 heterocycles. The minimum absolute atomic E-state index is 0. The molecule has 0 unspecified atom stereocenters. The van der Waals surface area contributed by atoms with E-state index >= 15 is 0 Å². The largest absolute Gasteiger partial charge is 0.507 e. The minimum Gasteiger partial charge on any atom is -0.507 e. The van der Waals surface area contributed by atoms with Crippen molar-refractivity contribution in [3.8, 4) is 11.5 Å². The third kappa shape index (κ3) is 10.1. The first-order valence-electron chi connectivity index (χ1n) is 21.3. The molecular weight excluding hydrogens is 999 g/mol. The van der Waals surface area contributed by atoms with Crippen LogP contribution in [0.25, 0.3) is 11.0 Å². The molecule has 0 atom stereocenters. The molecule has 10 rings (SSSR count). The van der Waals surface area contributed by atoms with Crippen molar-refractivity contribution < 1.29 is 43.9 Å². The average Bonchev–Trinajstić information content (AvgIpc) is 4.02. The summed E-state index contributed by atoms with van der Waals surface area (Å²) in [5, 5.41) is 28.1. The van der Waals surface area contributed by atoms with Crippen LogP contribution in [-0.4, -0.2) is 81.4 Å². The summed E-state index contributed by atoms with van der Waals surface area (Å²) in [6.45, 7) is 0. The number of benzene rings is 2. The Bertz CT molecular complexity index is 4010. The normalized spacial score (nSPS) is 15.6. The van der Waals surface area contributed by atoms with Crippen molar-refractivity contribution in [2.24, 2.45) is 21.8 Å². The molecule has 1 aliphatic carbocycles. The molecular formula is C46H47N9O12S4. The highest BCUT2D eigenvalue weighted by Crippen LogP contribution is 2.38. The van der Waals surface area contributed by atoms with E-state index in [0.29, 0.717) is 34.5 Å². The van der Waals surface area contributed by atoms with Crippen LogP contribution in [0.5, 0.6) is 11.5 Å². The topological polar surface area (TPSA) is 298 Å². The van der Waals surface area contributed by atoms with Crippen LogP contribution in [0.3, 0.4) is 0 Å². The molecule has 25 heteroatoms. The highest BCUT2D eigenvalue weighted by atomic mass is 32.2. The number of rotatable bonds is 11. The number of aryl methyl sites for hydroxylation is 2. The lowest BCUT2D eigenvalue weighted by molar-refractivity contribution is 0.464. The minimum atomic E-state index is -4.35. The van der Waals surface area contributed by atoms with Gasteiger partial charge >= 0.3 is 0 Å². The van der Waals surface area contributed by atoms with E-state index in [2.05, 4.69) is 28.9 Å². The summed E-state index contributed by atoms with van der Waals surface area (Å²) in [5.41, 5.74) is 1.38. The van der Waals surface area contributed by atoms with Crippen LogP contribution < -0.4 is 31.2 Å². The van der Waals surface area contributed by atoms with Gasteiger partial charge in [0.25, 0.3) is 31.2 Å². The third-order valence-electron chi connectivity index (χ3n) is 11.7. The summed E-state index contributed by atoms with van der Waals surface area (Å²) in [5.74, 6) is -0.708. The van der Waals surface area contributed by atoms with E-state index in [9.17, 15) is 53.5 Å². The smallest absolute Gasteiger partial charge is 0.286 e. The van der Waals surface area contributed by atoms with Gasteiger partial charge in [0.2, 0.25) is 20.0 Å². The van der Waals surface area contributed by atoms with Crippen LogP contribution in [0.4, 0.5) is 22.7 Å². The number of aromatic nitrogens is 3. The molecule has 372 valence electrons. The van der Waals surface area contributed by atoms with Crippen molar-refractivity contribution in [3.63, 3.8) is 0 Å². The standard InChI is InChI=1S/C23H21N5O6S2.C22H22N4O6S2.CH4/c1-27-10-5-6-15(27)13-16-18-7-3-4-11-28(18)23(30)20(21(16)29)22-24-17-9-8-14(25-35(2,31)32)12-19(17)36(33,34)26-22;1-33(29,30)24-14-8-10-16-18(12-14)34(31,32)25-21(23-16)19-20(27)15(9-7-13-5-6-13)17-4-2-3-11-26(17)22(19)28;/h3-12,25,29H,13H2,1-2H3,(H,24,26);2-4,8,10-13,24,27H,5-7,9H2,1H3,(H,23,25);1H4. The summed E-state index contributed by atoms with van der Waals surface area (Å²) >= 11 is 0. The number of anilines is 4. The lowest BCUT2D eigenvalue weighted by Crippen LogP contribution is -2.31. The first-order chi connectivity index (χ1) is 33.0. The van der Waals surface area contributed by atoms with Gasteiger partial charge < -0.3 is 25.4 Å². The summed E-state index contributed by atoms with van der Waals surface area (Å²) in [6, 6.07) is 21.8. The molecule has 7 aromatic rings. The van der Waals surface area contributed by atoms with Gasteiger partial charge in [-0.1, -0.05) is 32.4 Å². The first kappa shape index (κ1) is 49.9. The zero-order chi connectivity index (χ0) is 50.1. The number of fused-ring (bicyclic) bond motifs is 4. The molecule has 0 saturated heterocycles. The molecule has 71 heavy (non-hydrogen) atoms. The van der Waals surface area contributed by atoms with E-state index < -0.39 is 51.2 Å². The lowest BCUT2D eigenvalue weighted by atomic mass is 10.0. The second-order valence-electron chi connectivity index (χ2n) is 16.9. The maximum absolute atomic E-state index is 13.4. The van der Waals surface area contributed by atoms with Crippen LogP contribution in [0, 0.1) is 5.92 Å². The third-order valence-corrected chi connectivity index (χ3v) is 15.5. The molecule has 0 amide bonds. The van der Waals surface area contributed by atoms with Crippen molar-refractivity contribution in [2.75, 3.05) is 32.6 Å². The van der Waals surface area contributed by atoms with E-state index in [4.69, 9.17) is 0 Å². The van der Waals surface area contributed by atoms with Crippen molar-refractivity contribution in [1.82, 2.24) is 13.4 Å². The molecule has 0 spiro atoms. The fourth-order valence-electron chi connectivity index (χ4n) is 8.27. The van der Waals surface area contributed by atoms with E-state index in [1.165, 1.54) is 39.3 Å². The van der Waals surface area contributed by atoms with Crippen molar-refractivity contribution in [1.29, 1.82) is 0 Å². The predicted octanol–water partition coefficient (Wildman–Crippen LogP) is 4.78. The van der Waals surface area contributed by atoms with Gasteiger partial charge in [0, 0.05) is 60.3 Å². The maximum Gasteiger partial charge on any atom is 0.286 e. The number of sulfonamides is 4. The molecule has 2 aliphatic heterocycles. The Kier molecular flexibility index (Phi) is 12.9. The Hall–Kier alpha value is -7.48. The van der Waals surface area contributed by atoms with E-state index in [1.807, 2.05) is 29.9 Å². The Morgan fingerprint density at radius 2 is 1.13 bits per heavy atom. The van der Waals surface area contributed by atoms with Gasteiger partial charge in [-0.25, -0.2) is 16.8 Å². The average molecular weight is 1050 g/mol. The molecule has 1 saturated carbocycles. The first-order valence-corrected chi connectivity index (χ1v) is 27.9. The van der Waals surface area contributed by atoms with Gasteiger partial charge in [-0.3, -0.25) is 27.8 Å². The van der Waals surface area contributed by atoms with Gasteiger partial charge in [0.05, 0.1) is 34.9 Å². The number of pyridine rings is 4. The van der Waals surface area contributed by atoms with Crippen molar-refractivity contribution in [3.05, 3.63) is 152 Å². The van der Waals surface area contributed by atoms with E-state index in [0.717, 1.165) is 49.6 Å². The number of hydrogen-bond acceptors (Lipinski definition) is 14. The van der Waals surface area contributed by atoms with Crippen molar-refractivity contribution >= 4 is 85.5 Å². The SMILES string of the molecule is C.CS(=O)(=O)Nc1ccc2c(c1)S(=O)(=O)N=C(c1c(O)c(CCC3CC3)c3ccccn3c1=O)N2.Cn1cccc1Cc1c(O)c(C2=NS(=O)(=O)c3cc(NS(C)(=O)=O)ccc3N2)c(=O)n2ccccc12. The van der Waals surface area contributed by atoms with Crippen LogP contribution in [0.2, 0.25) is 0 Å². The number of aromatic hydroxyl groups is 2. The molecule has 6 N–H and O–H groups in total. The summed E-state index contributed by atoms with van der Waals surface area (Å²) in [4.78, 5) is 26.2.